The highest BCUT2D eigenvalue weighted by molar-refractivity contribution is 7.21. The van der Waals surface area contributed by atoms with E-state index in [0.29, 0.717) is 6.54 Å². The van der Waals surface area contributed by atoms with Gasteiger partial charge in [-0.25, -0.2) is 9.97 Å². The van der Waals surface area contributed by atoms with Crippen molar-refractivity contribution in [3.63, 3.8) is 0 Å². The van der Waals surface area contributed by atoms with E-state index in [4.69, 9.17) is 4.98 Å². The number of carbonyl (C=O) groups is 1. The monoisotopic (exact) mass is 392 g/mol. The van der Waals surface area contributed by atoms with Gasteiger partial charge in [0.05, 0.1) is 21.8 Å². The average Bonchev–Trinajstić information content (AvgIpc) is 3.27. The van der Waals surface area contributed by atoms with Crippen molar-refractivity contribution in [1.82, 2.24) is 15.3 Å². The van der Waals surface area contributed by atoms with Gasteiger partial charge in [-0.1, -0.05) is 6.58 Å². The van der Waals surface area contributed by atoms with Gasteiger partial charge in [0, 0.05) is 34.3 Å². The second-order valence-corrected chi connectivity index (χ2v) is 8.64. The van der Waals surface area contributed by atoms with Crippen LogP contribution in [-0.4, -0.2) is 28.5 Å². The third-order valence-electron chi connectivity index (χ3n) is 4.64. The molecule has 1 atom stereocenters. The fraction of sp³-hybridized carbons (Fsp3) is 0.150. The molecule has 0 fully saturated rings. The number of aromatic nitrogens is 2. The van der Waals surface area contributed by atoms with Crippen molar-refractivity contribution in [2.75, 3.05) is 11.9 Å². The maximum atomic E-state index is 12.5. The fourth-order valence-electron chi connectivity index (χ4n) is 3.36. The zero-order valence-corrected chi connectivity index (χ0v) is 16.2. The first-order valence-corrected chi connectivity index (χ1v) is 10.3. The van der Waals surface area contributed by atoms with Gasteiger partial charge in [-0.3, -0.25) is 4.79 Å². The molecule has 1 aliphatic rings. The van der Waals surface area contributed by atoms with Crippen LogP contribution in [0.25, 0.3) is 37.6 Å². The van der Waals surface area contributed by atoms with E-state index in [1.165, 1.54) is 11.3 Å². The molecule has 0 bridgehead atoms. The van der Waals surface area contributed by atoms with E-state index in [-0.39, 0.29) is 11.9 Å². The van der Waals surface area contributed by atoms with E-state index in [0.717, 1.165) is 47.1 Å². The number of carbonyl (C=O) groups excluding carboxylic acids is 1. The molecular weight excluding hydrogens is 376 g/mol. The number of thiophene rings is 1. The van der Waals surface area contributed by atoms with Gasteiger partial charge in [0.15, 0.2) is 0 Å². The van der Waals surface area contributed by atoms with Crippen LogP contribution in [0.15, 0.2) is 37.0 Å². The van der Waals surface area contributed by atoms with Gasteiger partial charge in [0.1, 0.15) is 9.88 Å². The Hall–Kier alpha value is -2.77. The highest BCUT2D eigenvalue weighted by Crippen LogP contribution is 2.41. The third kappa shape index (κ3) is 2.62. The summed E-state index contributed by atoms with van der Waals surface area (Å²) in [5, 5.41) is 9.50. The molecule has 7 heteroatoms. The minimum atomic E-state index is -0.0111. The Bertz CT molecular complexity index is 1220. The minimum absolute atomic E-state index is 0.0111. The fourth-order valence-corrected chi connectivity index (χ4v) is 5.20. The Labute approximate surface area is 163 Å². The molecule has 3 aromatic heterocycles. The summed E-state index contributed by atoms with van der Waals surface area (Å²) in [6, 6.07) is 8.28. The third-order valence-corrected chi connectivity index (χ3v) is 6.81. The molecule has 134 valence electrons. The largest absolute Gasteiger partial charge is 0.381 e. The molecule has 5 rings (SSSR count). The van der Waals surface area contributed by atoms with E-state index in [1.54, 1.807) is 17.4 Å². The Balaban J connectivity index is 1.71. The van der Waals surface area contributed by atoms with Crippen molar-refractivity contribution in [3.8, 4) is 10.6 Å². The Morgan fingerprint density at radius 1 is 1.26 bits per heavy atom. The lowest BCUT2D eigenvalue weighted by molar-refractivity contribution is 0.0949. The number of amides is 1. The molecule has 4 heterocycles. The Kier molecular flexibility index (Phi) is 3.73. The van der Waals surface area contributed by atoms with Gasteiger partial charge in [-0.15, -0.1) is 22.7 Å². The van der Waals surface area contributed by atoms with Crippen LogP contribution in [0.5, 0.6) is 0 Å². The van der Waals surface area contributed by atoms with E-state index >= 15 is 0 Å². The molecule has 1 aliphatic heterocycles. The predicted octanol–water partition coefficient (Wildman–Crippen LogP) is 4.76. The first-order chi connectivity index (χ1) is 13.1. The van der Waals surface area contributed by atoms with Crippen molar-refractivity contribution in [3.05, 3.63) is 46.9 Å². The molecule has 1 amide bonds. The molecule has 2 N–H and O–H groups in total. The molecular formula is C20H16N4OS2. The van der Waals surface area contributed by atoms with Crippen LogP contribution in [0.4, 0.5) is 5.69 Å². The summed E-state index contributed by atoms with van der Waals surface area (Å²) >= 11 is 3.09. The summed E-state index contributed by atoms with van der Waals surface area (Å²) in [5.41, 5.74) is 2.73. The lowest BCUT2D eigenvalue weighted by Gasteiger charge is -2.10. The average molecular weight is 393 g/mol. The molecule has 0 saturated carbocycles. The number of thiazole rings is 1. The quantitative estimate of drug-likeness (QED) is 0.516. The van der Waals surface area contributed by atoms with Gasteiger partial charge >= 0.3 is 0 Å². The summed E-state index contributed by atoms with van der Waals surface area (Å²) in [6.07, 6.45) is 3.58. The molecule has 0 spiro atoms. The van der Waals surface area contributed by atoms with Crippen molar-refractivity contribution in [2.24, 2.45) is 0 Å². The second kappa shape index (κ2) is 6.14. The number of fused-ring (bicyclic) bond motifs is 5. The van der Waals surface area contributed by atoms with Crippen LogP contribution in [0.1, 0.15) is 21.6 Å². The van der Waals surface area contributed by atoms with E-state index < -0.39 is 0 Å². The van der Waals surface area contributed by atoms with Gasteiger partial charge in [-0.2, -0.15) is 0 Å². The molecule has 0 aliphatic carbocycles. The standard InChI is InChI=1S/C20H16N4OS2/c1-3-16-21-9-15(26-16)13-5-4-11-12(24-13)6-7-14-17(11)18-19(27-14)20(25)23-10(2)8-22-18/h3-7,9-10,22H,1,8H2,2H3,(H,23,25)/t10-/m1/s1. The number of benzene rings is 1. The van der Waals surface area contributed by atoms with Crippen molar-refractivity contribution >= 4 is 61.3 Å². The van der Waals surface area contributed by atoms with Crippen LogP contribution in [0.3, 0.4) is 0 Å². The number of pyridine rings is 1. The minimum Gasteiger partial charge on any atom is -0.381 e. The molecule has 0 radical (unpaired) electrons. The lowest BCUT2D eigenvalue weighted by Crippen LogP contribution is -2.34. The number of nitrogens with zero attached hydrogens (tertiary/aromatic N) is 2. The van der Waals surface area contributed by atoms with Gasteiger partial charge in [-0.05, 0) is 37.3 Å². The summed E-state index contributed by atoms with van der Waals surface area (Å²) in [6.45, 7) is 6.47. The van der Waals surface area contributed by atoms with E-state index in [1.807, 2.05) is 31.3 Å². The normalized spacial score (nSPS) is 16.6. The van der Waals surface area contributed by atoms with Crippen LogP contribution < -0.4 is 10.6 Å². The number of hydrogen-bond acceptors (Lipinski definition) is 6. The highest BCUT2D eigenvalue weighted by Gasteiger charge is 2.24. The van der Waals surface area contributed by atoms with E-state index in [2.05, 4.69) is 28.3 Å². The summed E-state index contributed by atoms with van der Waals surface area (Å²) in [4.78, 5) is 23.4. The Morgan fingerprint density at radius 3 is 2.96 bits per heavy atom. The van der Waals surface area contributed by atoms with Gasteiger partial charge in [0.2, 0.25) is 0 Å². The van der Waals surface area contributed by atoms with Crippen LogP contribution in [-0.2, 0) is 0 Å². The summed E-state index contributed by atoms with van der Waals surface area (Å²) < 4.78 is 1.09. The highest BCUT2D eigenvalue weighted by atomic mass is 32.1. The summed E-state index contributed by atoms with van der Waals surface area (Å²) in [5.74, 6) is -0.0111. The molecule has 1 aromatic carbocycles. The number of rotatable bonds is 2. The lowest BCUT2D eigenvalue weighted by atomic mass is 10.1. The maximum Gasteiger partial charge on any atom is 0.263 e. The van der Waals surface area contributed by atoms with Gasteiger partial charge in [0.25, 0.3) is 5.91 Å². The first-order valence-electron chi connectivity index (χ1n) is 8.63. The number of hydrogen-bond donors (Lipinski definition) is 2. The molecule has 0 unspecified atom stereocenters. The van der Waals surface area contributed by atoms with Gasteiger partial charge < -0.3 is 10.6 Å². The SMILES string of the molecule is C=Cc1ncc(-c2ccc3c(ccc4sc5c(c43)NC[C@@H](C)NC5=O)n2)s1. The smallest absolute Gasteiger partial charge is 0.263 e. The molecule has 4 aromatic rings. The topological polar surface area (TPSA) is 66.9 Å². The van der Waals surface area contributed by atoms with E-state index in [9.17, 15) is 4.79 Å². The van der Waals surface area contributed by atoms with Crippen LogP contribution in [0.2, 0.25) is 0 Å². The zero-order valence-electron chi connectivity index (χ0n) is 14.6. The first kappa shape index (κ1) is 16.4. The predicted molar refractivity (Wildman–Crippen MR) is 114 cm³/mol. The molecule has 0 saturated heterocycles. The van der Waals surface area contributed by atoms with Crippen molar-refractivity contribution < 1.29 is 4.79 Å². The number of anilines is 1. The second-order valence-electron chi connectivity index (χ2n) is 6.53. The molecule has 27 heavy (non-hydrogen) atoms. The van der Waals surface area contributed by atoms with Crippen molar-refractivity contribution in [1.29, 1.82) is 0 Å². The molecule has 5 nitrogen and oxygen atoms in total. The van der Waals surface area contributed by atoms with Crippen molar-refractivity contribution in [2.45, 2.75) is 13.0 Å². The maximum absolute atomic E-state index is 12.5. The van der Waals surface area contributed by atoms with Crippen LogP contribution >= 0.6 is 22.7 Å². The number of nitrogens with one attached hydrogen (secondary N) is 2. The zero-order chi connectivity index (χ0) is 18.5. The van der Waals surface area contributed by atoms with Crippen LogP contribution in [0, 0.1) is 0 Å². The Morgan fingerprint density at radius 2 is 2.15 bits per heavy atom. The summed E-state index contributed by atoms with van der Waals surface area (Å²) in [7, 11) is 0.